The lowest BCUT2D eigenvalue weighted by Crippen LogP contribution is -2.37. The Balaban J connectivity index is 1.35. The molecular weight excluding hydrogens is 354 g/mol. The van der Waals surface area contributed by atoms with Crippen LogP contribution in [0.15, 0.2) is 36.5 Å². The first-order chi connectivity index (χ1) is 13.7. The van der Waals surface area contributed by atoms with E-state index in [1.54, 1.807) is 4.90 Å². The van der Waals surface area contributed by atoms with Crippen molar-refractivity contribution in [3.63, 3.8) is 0 Å². The predicted molar refractivity (Wildman–Crippen MR) is 106 cm³/mol. The van der Waals surface area contributed by atoms with E-state index < -0.39 is 0 Å². The molecule has 0 atom stereocenters. The molecule has 4 rings (SSSR count). The number of hydrogen-bond acceptors (Lipinski definition) is 4. The number of hydrogen-bond donors (Lipinski definition) is 1. The van der Waals surface area contributed by atoms with E-state index in [-0.39, 0.29) is 18.4 Å². The highest BCUT2D eigenvalue weighted by atomic mass is 16.2. The second kappa shape index (κ2) is 8.56. The number of rotatable bonds is 4. The summed E-state index contributed by atoms with van der Waals surface area (Å²) in [6.45, 7) is 5.11. The summed E-state index contributed by atoms with van der Waals surface area (Å²) in [6, 6.07) is 10.6. The SMILES string of the molecule is O=C1CN(C(=O)c2cn3c(n2)CCN(CCc2ccccc2)CC3)CCCN1. The molecule has 2 amide bonds. The van der Waals surface area contributed by atoms with Crippen LogP contribution in [0.5, 0.6) is 0 Å². The van der Waals surface area contributed by atoms with Gasteiger partial charge in [-0.2, -0.15) is 0 Å². The van der Waals surface area contributed by atoms with Gasteiger partial charge in [-0.05, 0) is 18.4 Å². The highest BCUT2D eigenvalue weighted by Gasteiger charge is 2.25. The lowest BCUT2D eigenvalue weighted by molar-refractivity contribution is -0.121. The monoisotopic (exact) mass is 381 g/mol. The molecule has 2 aliphatic rings. The Morgan fingerprint density at radius 1 is 1.11 bits per heavy atom. The molecular formula is C21H27N5O2. The highest BCUT2D eigenvalue weighted by molar-refractivity contribution is 5.95. The van der Waals surface area contributed by atoms with Crippen LogP contribution in [-0.2, 0) is 24.2 Å². The molecule has 0 radical (unpaired) electrons. The number of imidazole rings is 1. The average molecular weight is 381 g/mol. The molecule has 0 saturated carbocycles. The van der Waals surface area contributed by atoms with Gasteiger partial charge in [0.05, 0.1) is 6.54 Å². The Kier molecular flexibility index (Phi) is 5.71. The minimum atomic E-state index is -0.140. The van der Waals surface area contributed by atoms with E-state index in [1.807, 2.05) is 12.3 Å². The van der Waals surface area contributed by atoms with Crippen LogP contribution in [0.4, 0.5) is 0 Å². The molecule has 1 saturated heterocycles. The van der Waals surface area contributed by atoms with Crippen LogP contribution in [0.2, 0.25) is 0 Å². The summed E-state index contributed by atoms with van der Waals surface area (Å²) < 4.78 is 2.10. The first-order valence-corrected chi connectivity index (χ1v) is 10.1. The van der Waals surface area contributed by atoms with E-state index in [4.69, 9.17) is 0 Å². The molecule has 7 heteroatoms. The smallest absolute Gasteiger partial charge is 0.274 e. The van der Waals surface area contributed by atoms with E-state index in [0.717, 1.165) is 51.3 Å². The fourth-order valence-corrected chi connectivity index (χ4v) is 3.87. The van der Waals surface area contributed by atoms with E-state index in [2.05, 4.69) is 44.0 Å². The largest absolute Gasteiger partial charge is 0.354 e. The van der Waals surface area contributed by atoms with E-state index in [0.29, 0.717) is 18.8 Å². The number of aromatic nitrogens is 2. The quantitative estimate of drug-likeness (QED) is 0.856. The molecule has 2 aromatic rings. The van der Waals surface area contributed by atoms with Gasteiger partial charge in [-0.1, -0.05) is 30.3 Å². The maximum absolute atomic E-state index is 12.8. The summed E-state index contributed by atoms with van der Waals surface area (Å²) >= 11 is 0. The topological polar surface area (TPSA) is 70.5 Å². The van der Waals surface area contributed by atoms with Gasteiger partial charge in [-0.25, -0.2) is 4.98 Å². The summed E-state index contributed by atoms with van der Waals surface area (Å²) in [5.41, 5.74) is 1.82. The van der Waals surface area contributed by atoms with Gasteiger partial charge in [-0.3, -0.25) is 9.59 Å². The molecule has 0 bridgehead atoms. The van der Waals surface area contributed by atoms with Crippen molar-refractivity contribution in [3.8, 4) is 0 Å². The number of carbonyl (C=O) groups is 2. The summed E-state index contributed by atoms with van der Waals surface area (Å²) in [5, 5.41) is 2.80. The first-order valence-electron chi connectivity index (χ1n) is 10.1. The second-order valence-electron chi connectivity index (χ2n) is 7.49. The van der Waals surface area contributed by atoms with Crippen molar-refractivity contribution >= 4 is 11.8 Å². The molecule has 0 aliphatic carbocycles. The van der Waals surface area contributed by atoms with Crippen molar-refractivity contribution < 1.29 is 9.59 Å². The molecule has 0 spiro atoms. The molecule has 7 nitrogen and oxygen atoms in total. The third kappa shape index (κ3) is 4.42. The van der Waals surface area contributed by atoms with Crippen LogP contribution >= 0.6 is 0 Å². The van der Waals surface area contributed by atoms with Crippen molar-refractivity contribution in [2.75, 3.05) is 39.3 Å². The van der Waals surface area contributed by atoms with Crippen molar-refractivity contribution in [3.05, 3.63) is 53.6 Å². The lowest BCUT2D eigenvalue weighted by Gasteiger charge is -2.19. The van der Waals surface area contributed by atoms with E-state index in [9.17, 15) is 9.59 Å². The summed E-state index contributed by atoms with van der Waals surface area (Å²) in [5.74, 6) is 0.726. The summed E-state index contributed by atoms with van der Waals surface area (Å²) in [6.07, 6.45) is 4.52. The average Bonchev–Trinajstić information content (AvgIpc) is 2.86. The molecule has 0 unspecified atom stereocenters. The zero-order valence-electron chi connectivity index (χ0n) is 16.1. The minimum Gasteiger partial charge on any atom is -0.354 e. The number of nitrogens with one attached hydrogen (secondary N) is 1. The van der Waals surface area contributed by atoms with Crippen molar-refractivity contribution in [2.24, 2.45) is 0 Å². The minimum absolute atomic E-state index is 0.0966. The number of benzene rings is 1. The third-order valence-electron chi connectivity index (χ3n) is 5.50. The lowest BCUT2D eigenvalue weighted by atomic mass is 10.1. The Morgan fingerprint density at radius 2 is 1.96 bits per heavy atom. The van der Waals surface area contributed by atoms with Gasteiger partial charge in [-0.15, -0.1) is 0 Å². The van der Waals surface area contributed by atoms with E-state index in [1.165, 1.54) is 5.56 Å². The molecule has 28 heavy (non-hydrogen) atoms. The number of fused-ring (bicyclic) bond motifs is 1. The normalized spacial score (nSPS) is 18.1. The molecule has 1 fully saturated rings. The molecule has 1 aromatic carbocycles. The van der Waals surface area contributed by atoms with Crippen LogP contribution in [0, 0.1) is 0 Å². The molecule has 2 aliphatic heterocycles. The molecule has 3 heterocycles. The first kappa shape index (κ1) is 18.7. The van der Waals surface area contributed by atoms with Gasteiger partial charge >= 0.3 is 0 Å². The van der Waals surface area contributed by atoms with Crippen molar-refractivity contribution in [2.45, 2.75) is 25.8 Å². The maximum Gasteiger partial charge on any atom is 0.274 e. The van der Waals surface area contributed by atoms with Crippen LogP contribution in [0.25, 0.3) is 0 Å². The number of nitrogens with zero attached hydrogens (tertiary/aromatic N) is 4. The fourth-order valence-electron chi connectivity index (χ4n) is 3.87. The van der Waals surface area contributed by atoms with Crippen LogP contribution in [0.3, 0.4) is 0 Å². The van der Waals surface area contributed by atoms with Crippen LogP contribution < -0.4 is 5.32 Å². The Bertz CT molecular complexity index is 807. The number of amides is 2. The fraction of sp³-hybridized carbons (Fsp3) is 0.476. The summed E-state index contributed by atoms with van der Waals surface area (Å²) in [4.78, 5) is 33.2. The molecule has 148 valence electrons. The van der Waals surface area contributed by atoms with Gasteiger partial charge in [0.2, 0.25) is 5.91 Å². The second-order valence-corrected chi connectivity index (χ2v) is 7.49. The molecule has 1 aromatic heterocycles. The third-order valence-corrected chi connectivity index (χ3v) is 5.50. The van der Waals surface area contributed by atoms with Crippen molar-refractivity contribution in [1.82, 2.24) is 24.7 Å². The van der Waals surface area contributed by atoms with Crippen LogP contribution in [-0.4, -0.2) is 70.4 Å². The van der Waals surface area contributed by atoms with Gasteiger partial charge < -0.3 is 19.7 Å². The predicted octanol–water partition coefficient (Wildman–Crippen LogP) is 0.946. The maximum atomic E-state index is 12.8. The zero-order chi connectivity index (χ0) is 19.3. The van der Waals surface area contributed by atoms with Gasteiger partial charge in [0, 0.05) is 51.9 Å². The van der Waals surface area contributed by atoms with Gasteiger partial charge in [0.25, 0.3) is 5.91 Å². The molecule has 1 N–H and O–H groups in total. The van der Waals surface area contributed by atoms with Gasteiger partial charge in [0.15, 0.2) is 0 Å². The highest BCUT2D eigenvalue weighted by Crippen LogP contribution is 2.13. The van der Waals surface area contributed by atoms with Gasteiger partial charge in [0.1, 0.15) is 11.5 Å². The number of carbonyl (C=O) groups excluding carboxylic acids is 2. The zero-order valence-corrected chi connectivity index (χ0v) is 16.1. The summed E-state index contributed by atoms with van der Waals surface area (Å²) in [7, 11) is 0. The van der Waals surface area contributed by atoms with Crippen molar-refractivity contribution in [1.29, 1.82) is 0 Å². The Hall–Kier alpha value is -2.67. The van der Waals surface area contributed by atoms with Crippen LogP contribution in [0.1, 0.15) is 28.3 Å². The van der Waals surface area contributed by atoms with E-state index >= 15 is 0 Å². The Labute approximate surface area is 165 Å². The Morgan fingerprint density at radius 3 is 2.82 bits per heavy atom. The standard InChI is InChI=1S/C21H27N5O2/c27-20-16-26(10-4-9-22-20)21(28)18-15-25-14-13-24(12-8-19(25)23-18)11-7-17-5-2-1-3-6-17/h1-3,5-6,15H,4,7-14,16H2,(H,22,27).